The maximum Gasteiger partial charge on any atom is 0.417 e. The lowest BCUT2D eigenvalue weighted by Gasteiger charge is -2.10. The molecule has 7 heteroatoms. The Hall–Kier alpha value is -1.40. The van der Waals surface area contributed by atoms with E-state index in [1.807, 2.05) is 0 Å². The van der Waals surface area contributed by atoms with E-state index in [0.717, 1.165) is 0 Å². The minimum atomic E-state index is -4.94. The van der Waals surface area contributed by atoms with Crippen LogP contribution < -0.4 is 5.56 Å². The average Bonchev–Trinajstić information content (AvgIpc) is 2.01. The van der Waals surface area contributed by atoms with Crippen molar-refractivity contribution >= 4 is 0 Å². The van der Waals surface area contributed by atoms with E-state index < -0.39 is 29.3 Å². The normalized spacial score (nSPS) is 12.1. The molecule has 0 amide bonds. The Morgan fingerprint density at radius 2 is 1.86 bits per heavy atom. The number of aromatic nitrogens is 1. The van der Waals surface area contributed by atoms with Gasteiger partial charge in [-0.15, -0.1) is 0 Å². The highest BCUT2D eigenvalue weighted by molar-refractivity contribution is 5.27. The molecular formula is C7H4F5NO. The van der Waals surface area contributed by atoms with Gasteiger partial charge in [-0.05, 0) is 6.07 Å². The standard InChI is InChI=1S/C7H4F5NO/c8-5(9)4-3(7(10,11)12)1-2-13-6(4)14/h1-2,5H,(H,13,14). The third-order valence-corrected chi connectivity index (χ3v) is 1.52. The van der Waals surface area contributed by atoms with Crippen LogP contribution in [0.15, 0.2) is 17.1 Å². The van der Waals surface area contributed by atoms with Crippen LogP contribution in [0.5, 0.6) is 0 Å². The van der Waals surface area contributed by atoms with Gasteiger partial charge in [0.1, 0.15) is 0 Å². The van der Waals surface area contributed by atoms with Gasteiger partial charge in [0.15, 0.2) is 0 Å². The van der Waals surface area contributed by atoms with Crippen LogP contribution in [0.2, 0.25) is 0 Å². The van der Waals surface area contributed by atoms with E-state index in [4.69, 9.17) is 0 Å². The summed E-state index contributed by atoms with van der Waals surface area (Å²) in [6.07, 6.45) is -7.71. The van der Waals surface area contributed by atoms with Gasteiger partial charge < -0.3 is 4.98 Å². The Labute approximate surface area is 74.4 Å². The van der Waals surface area contributed by atoms with Crippen molar-refractivity contribution in [2.24, 2.45) is 0 Å². The van der Waals surface area contributed by atoms with Gasteiger partial charge >= 0.3 is 6.18 Å². The summed E-state index contributed by atoms with van der Waals surface area (Å²) < 4.78 is 60.5. The largest absolute Gasteiger partial charge is 0.417 e. The van der Waals surface area contributed by atoms with Crippen LogP contribution in [-0.2, 0) is 6.18 Å². The molecule has 0 fully saturated rings. The zero-order valence-corrected chi connectivity index (χ0v) is 6.53. The summed E-state index contributed by atoms with van der Waals surface area (Å²) in [5, 5.41) is 0. The van der Waals surface area contributed by atoms with Crippen molar-refractivity contribution in [3.63, 3.8) is 0 Å². The number of H-pyrrole nitrogens is 1. The number of alkyl halides is 5. The van der Waals surface area contributed by atoms with Crippen molar-refractivity contribution in [1.29, 1.82) is 0 Å². The van der Waals surface area contributed by atoms with Gasteiger partial charge in [-0.25, -0.2) is 8.78 Å². The van der Waals surface area contributed by atoms with Crippen molar-refractivity contribution in [2.45, 2.75) is 12.6 Å². The van der Waals surface area contributed by atoms with Crippen LogP contribution in [0.3, 0.4) is 0 Å². The predicted molar refractivity (Wildman–Crippen MR) is 37.0 cm³/mol. The first-order chi connectivity index (χ1) is 6.34. The van der Waals surface area contributed by atoms with Crippen LogP contribution in [0.25, 0.3) is 0 Å². The zero-order valence-electron chi connectivity index (χ0n) is 6.53. The molecule has 78 valence electrons. The van der Waals surface area contributed by atoms with Gasteiger partial charge in [0.25, 0.3) is 12.0 Å². The van der Waals surface area contributed by atoms with Crippen LogP contribution >= 0.6 is 0 Å². The van der Waals surface area contributed by atoms with Gasteiger partial charge in [-0.1, -0.05) is 0 Å². The molecule has 0 atom stereocenters. The maximum atomic E-state index is 12.1. The number of aromatic amines is 1. The Kier molecular flexibility index (Phi) is 2.59. The molecule has 0 aromatic carbocycles. The molecule has 0 aliphatic rings. The van der Waals surface area contributed by atoms with E-state index in [2.05, 4.69) is 0 Å². The van der Waals surface area contributed by atoms with Gasteiger partial charge in [-0.2, -0.15) is 13.2 Å². The van der Waals surface area contributed by atoms with Gasteiger partial charge in [0, 0.05) is 6.20 Å². The molecule has 0 radical (unpaired) electrons. The van der Waals surface area contributed by atoms with E-state index >= 15 is 0 Å². The average molecular weight is 213 g/mol. The van der Waals surface area contributed by atoms with Crippen molar-refractivity contribution in [1.82, 2.24) is 4.98 Å². The number of nitrogens with one attached hydrogen (secondary N) is 1. The number of rotatable bonds is 1. The van der Waals surface area contributed by atoms with Crippen LogP contribution in [0, 0.1) is 0 Å². The first kappa shape index (κ1) is 10.7. The lowest BCUT2D eigenvalue weighted by Crippen LogP contribution is -2.20. The van der Waals surface area contributed by atoms with Gasteiger partial charge in [0.05, 0.1) is 11.1 Å². The highest BCUT2D eigenvalue weighted by Crippen LogP contribution is 2.33. The topological polar surface area (TPSA) is 32.9 Å². The molecule has 1 aromatic heterocycles. The highest BCUT2D eigenvalue weighted by atomic mass is 19.4. The highest BCUT2D eigenvalue weighted by Gasteiger charge is 2.37. The maximum absolute atomic E-state index is 12.1. The van der Waals surface area contributed by atoms with Crippen molar-refractivity contribution in [3.05, 3.63) is 33.7 Å². The number of hydrogen-bond donors (Lipinski definition) is 1. The minimum Gasteiger partial charge on any atom is -0.329 e. The first-order valence-corrected chi connectivity index (χ1v) is 3.41. The van der Waals surface area contributed by atoms with Crippen molar-refractivity contribution in [3.8, 4) is 0 Å². The summed E-state index contributed by atoms with van der Waals surface area (Å²) in [6.45, 7) is 0. The Morgan fingerprint density at radius 3 is 2.21 bits per heavy atom. The molecule has 0 bridgehead atoms. The van der Waals surface area contributed by atoms with Gasteiger partial charge in [0.2, 0.25) is 0 Å². The van der Waals surface area contributed by atoms with Crippen LogP contribution in [-0.4, -0.2) is 4.98 Å². The summed E-state index contributed by atoms with van der Waals surface area (Å²) in [7, 11) is 0. The molecular weight excluding hydrogens is 209 g/mol. The third kappa shape index (κ3) is 1.91. The molecule has 0 spiro atoms. The summed E-state index contributed by atoms with van der Waals surface area (Å²) in [4.78, 5) is 12.5. The molecule has 1 heterocycles. The van der Waals surface area contributed by atoms with Crippen molar-refractivity contribution in [2.75, 3.05) is 0 Å². The second kappa shape index (κ2) is 3.39. The number of hydrogen-bond acceptors (Lipinski definition) is 1. The fraction of sp³-hybridized carbons (Fsp3) is 0.286. The Morgan fingerprint density at radius 1 is 1.29 bits per heavy atom. The fourth-order valence-electron chi connectivity index (χ4n) is 0.954. The molecule has 2 nitrogen and oxygen atoms in total. The monoisotopic (exact) mass is 213 g/mol. The summed E-state index contributed by atoms with van der Waals surface area (Å²) in [5.41, 5.74) is -4.56. The smallest absolute Gasteiger partial charge is 0.329 e. The lowest BCUT2D eigenvalue weighted by atomic mass is 10.1. The molecule has 1 N–H and O–H groups in total. The molecule has 1 aromatic rings. The summed E-state index contributed by atoms with van der Waals surface area (Å²) in [5.74, 6) is 0. The molecule has 0 saturated carbocycles. The molecule has 14 heavy (non-hydrogen) atoms. The van der Waals surface area contributed by atoms with E-state index in [1.165, 1.54) is 0 Å². The predicted octanol–water partition coefficient (Wildman–Crippen LogP) is 2.33. The molecule has 0 saturated heterocycles. The lowest BCUT2D eigenvalue weighted by molar-refractivity contribution is -0.139. The molecule has 1 rings (SSSR count). The number of halogens is 5. The second-order valence-corrected chi connectivity index (χ2v) is 2.43. The SMILES string of the molecule is O=c1[nH]ccc(C(F)(F)F)c1C(F)F. The molecule has 0 aliphatic heterocycles. The zero-order chi connectivity index (χ0) is 10.9. The Bertz CT molecular complexity index is 380. The van der Waals surface area contributed by atoms with Gasteiger partial charge in [-0.3, -0.25) is 4.79 Å². The summed E-state index contributed by atoms with van der Waals surface area (Å²) >= 11 is 0. The van der Waals surface area contributed by atoms with E-state index in [-0.39, 0.29) is 0 Å². The summed E-state index contributed by atoms with van der Waals surface area (Å²) in [6, 6.07) is 0.406. The molecule has 0 aliphatic carbocycles. The third-order valence-electron chi connectivity index (χ3n) is 1.52. The van der Waals surface area contributed by atoms with Crippen LogP contribution in [0.1, 0.15) is 17.6 Å². The Balaban J connectivity index is 3.44. The van der Waals surface area contributed by atoms with E-state index in [1.54, 1.807) is 4.98 Å². The fourth-order valence-corrected chi connectivity index (χ4v) is 0.954. The number of pyridine rings is 1. The van der Waals surface area contributed by atoms with Crippen LogP contribution in [0.4, 0.5) is 22.0 Å². The van der Waals surface area contributed by atoms with E-state index in [9.17, 15) is 26.7 Å². The molecule has 0 unspecified atom stereocenters. The first-order valence-electron chi connectivity index (χ1n) is 3.41. The van der Waals surface area contributed by atoms with Crippen molar-refractivity contribution < 1.29 is 22.0 Å². The second-order valence-electron chi connectivity index (χ2n) is 2.43. The van der Waals surface area contributed by atoms with E-state index in [0.29, 0.717) is 12.3 Å². The quantitative estimate of drug-likeness (QED) is 0.713. The minimum absolute atomic E-state index is 0.406.